The van der Waals surface area contributed by atoms with Crippen LogP contribution in [-0.4, -0.2) is 6.61 Å². The number of hydrogen-bond acceptors (Lipinski definition) is 3. The molecule has 0 unspecified atom stereocenters. The predicted octanol–water partition coefficient (Wildman–Crippen LogP) is 6.57. The highest BCUT2D eigenvalue weighted by molar-refractivity contribution is 5.52. The third-order valence-corrected chi connectivity index (χ3v) is 4.94. The maximum Gasteiger partial charge on any atom is 0.165 e. The van der Waals surface area contributed by atoms with Gasteiger partial charge in [0.25, 0.3) is 0 Å². The average Bonchev–Trinajstić information content (AvgIpc) is 2.78. The number of rotatable bonds is 11. The molecule has 3 rings (SSSR count). The van der Waals surface area contributed by atoms with Gasteiger partial charge in [0.1, 0.15) is 6.61 Å². The van der Waals surface area contributed by atoms with Gasteiger partial charge in [-0.1, -0.05) is 55.5 Å². The van der Waals surface area contributed by atoms with E-state index in [2.05, 4.69) is 67.4 Å². The van der Waals surface area contributed by atoms with Crippen molar-refractivity contribution in [3.05, 3.63) is 102 Å². The zero-order valence-corrected chi connectivity index (χ0v) is 18.0. The summed E-state index contributed by atoms with van der Waals surface area (Å²) < 4.78 is 12.2. The Morgan fingerprint density at radius 3 is 2.30 bits per heavy atom. The maximum absolute atomic E-state index is 6.21. The maximum atomic E-state index is 6.21. The third-order valence-electron chi connectivity index (χ3n) is 4.94. The summed E-state index contributed by atoms with van der Waals surface area (Å²) in [6, 6.07) is 23.0. The molecule has 3 nitrogen and oxygen atoms in total. The zero-order valence-electron chi connectivity index (χ0n) is 18.0. The number of ether oxygens (including phenoxy) is 2. The van der Waals surface area contributed by atoms with Crippen LogP contribution in [0.5, 0.6) is 11.5 Å². The van der Waals surface area contributed by atoms with Gasteiger partial charge in [0.15, 0.2) is 11.5 Å². The molecule has 0 bridgehead atoms. The second-order valence-electron chi connectivity index (χ2n) is 7.19. The van der Waals surface area contributed by atoms with Crippen LogP contribution in [0, 0.1) is 0 Å². The van der Waals surface area contributed by atoms with E-state index in [9.17, 15) is 0 Å². The largest absolute Gasteiger partial charge is 0.490 e. The van der Waals surface area contributed by atoms with Crippen LogP contribution in [-0.2, 0) is 26.0 Å². The van der Waals surface area contributed by atoms with Gasteiger partial charge < -0.3 is 14.8 Å². The fourth-order valence-corrected chi connectivity index (χ4v) is 3.35. The van der Waals surface area contributed by atoms with Gasteiger partial charge in [0, 0.05) is 17.8 Å². The van der Waals surface area contributed by atoms with Crippen LogP contribution in [0.15, 0.2) is 79.4 Å². The van der Waals surface area contributed by atoms with Crippen LogP contribution in [0.1, 0.15) is 36.1 Å². The Balaban J connectivity index is 1.80. The number of benzene rings is 3. The summed E-state index contributed by atoms with van der Waals surface area (Å²) in [6.45, 7) is 9.89. The van der Waals surface area contributed by atoms with Crippen molar-refractivity contribution >= 4 is 5.69 Å². The number of aryl methyl sites for hydroxylation is 1. The first-order valence-electron chi connectivity index (χ1n) is 10.6. The molecule has 3 aromatic carbocycles. The SMILES string of the molecule is C=CCc1cc(CNc2ccc(CC)cc2)cc(OCC)c1OCc1ccccc1. The fourth-order valence-electron chi connectivity index (χ4n) is 3.35. The molecular formula is C27H31NO2. The molecule has 0 heterocycles. The molecule has 0 saturated heterocycles. The summed E-state index contributed by atoms with van der Waals surface area (Å²) >= 11 is 0. The molecule has 0 aliphatic carbocycles. The topological polar surface area (TPSA) is 30.5 Å². The summed E-state index contributed by atoms with van der Waals surface area (Å²) in [7, 11) is 0. The minimum Gasteiger partial charge on any atom is -0.490 e. The van der Waals surface area contributed by atoms with Gasteiger partial charge in [0.05, 0.1) is 6.61 Å². The lowest BCUT2D eigenvalue weighted by Gasteiger charge is -2.18. The highest BCUT2D eigenvalue weighted by Gasteiger charge is 2.14. The lowest BCUT2D eigenvalue weighted by atomic mass is 10.0. The predicted molar refractivity (Wildman–Crippen MR) is 125 cm³/mol. The third kappa shape index (κ3) is 5.90. The quantitative estimate of drug-likeness (QED) is 0.369. The molecule has 1 N–H and O–H groups in total. The van der Waals surface area contributed by atoms with E-state index < -0.39 is 0 Å². The average molecular weight is 402 g/mol. The standard InChI is InChI=1S/C27H31NO2/c1-4-10-24-17-23(19-28-25-15-13-21(5-2)14-16-25)18-26(29-6-3)27(24)30-20-22-11-8-7-9-12-22/h4,7-9,11-18,28H,1,5-6,10,19-20H2,2-3H3. The Hall–Kier alpha value is -3.20. The van der Waals surface area contributed by atoms with Crippen molar-refractivity contribution in [2.45, 2.75) is 39.8 Å². The molecule has 156 valence electrons. The van der Waals surface area contributed by atoms with E-state index in [0.29, 0.717) is 19.8 Å². The lowest BCUT2D eigenvalue weighted by molar-refractivity contribution is 0.267. The number of anilines is 1. The first-order valence-corrected chi connectivity index (χ1v) is 10.6. The fraction of sp³-hybridized carbons (Fsp3) is 0.259. The molecule has 30 heavy (non-hydrogen) atoms. The van der Waals surface area contributed by atoms with Crippen molar-refractivity contribution in [1.82, 2.24) is 0 Å². The first kappa shape index (κ1) is 21.5. The molecule has 0 saturated carbocycles. The van der Waals surface area contributed by atoms with E-state index in [-0.39, 0.29) is 0 Å². The van der Waals surface area contributed by atoms with Gasteiger partial charge in [-0.2, -0.15) is 0 Å². The van der Waals surface area contributed by atoms with E-state index >= 15 is 0 Å². The van der Waals surface area contributed by atoms with Crippen molar-refractivity contribution in [3.8, 4) is 11.5 Å². The van der Waals surface area contributed by atoms with Gasteiger partial charge in [-0.15, -0.1) is 6.58 Å². The Labute approximate surface area is 180 Å². The van der Waals surface area contributed by atoms with Gasteiger partial charge in [0.2, 0.25) is 0 Å². The van der Waals surface area contributed by atoms with E-state index in [4.69, 9.17) is 9.47 Å². The van der Waals surface area contributed by atoms with Crippen LogP contribution in [0.3, 0.4) is 0 Å². The molecule has 0 aromatic heterocycles. The van der Waals surface area contributed by atoms with Gasteiger partial charge >= 0.3 is 0 Å². The Morgan fingerprint density at radius 2 is 1.63 bits per heavy atom. The molecule has 3 heteroatoms. The van der Waals surface area contributed by atoms with Crippen molar-refractivity contribution < 1.29 is 9.47 Å². The zero-order chi connectivity index (χ0) is 21.2. The highest BCUT2D eigenvalue weighted by Crippen LogP contribution is 2.35. The van der Waals surface area contributed by atoms with Crippen LogP contribution >= 0.6 is 0 Å². The molecule has 0 fully saturated rings. The van der Waals surface area contributed by atoms with Crippen molar-refractivity contribution in [2.24, 2.45) is 0 Å². The van der Waals surface area contributed by atoms with Crippen molar-refractivity contribution in [1.29, 1.82) is 0 Å². The smallest absolute Gasteiger partial charge is 0.165 e. The summed E-state index contributed by atoms with van der Waals surface area (Å²) in [5.41, 5.74) is 5.82. The van der Waals surface area contributed by atoms with Crippen molar-refractivity contribution in [2.75, 3.05) is 11.9 Å². The molecule has 0 aliphatic heterocycles. The number of hydrogen-bond donors (Lipinski definition) is 1. The summed E-state index contributed by atoms with van der Waals surface area (Å²) in [5, 5.41) is 3.51. The normalized spacial score (nSPS) is 10.5. The number of nitrogens with one attached hydrogen (secondary N) is 1. The second kappa shape index (κ2) is 11.1. The van der Waals surface area contributed by atoms with Gasteiger partial charge in [-0.05, 0) is 60.7 Å². The summed E-state index contributed by atoms with van der Waals surface area (Å²) in [5.74, 6) is 1.59. The summed E-state index contributed by atoms with van der Waals surface area (Å²) in [6.07, 6.45) is 3.68. The molecule has 3 aromatic rings. The molecule has 0 spiro atoms. The highest BCUT2D eigenvalue weighted by atomic mass is 16.5. The summed E-state index contributed by atoms with van der Waals surface area (Å²) in [4.78, 5) is 0. The molecule has 0 radical (unpaired) electrons. The minimum absolute atomic E-state index is 0.506. The monoisotopic (exact) mass is 401 g/mol. The van der Waals surface area contributed by atoms with E-state index in [1.165, 1.54) is 5.56 Å². The van der Waals surface area contributed by atoms with Crippen LogP contribution < -0.4 is 14.8 Å². The molecular weight excluding hydrogens is 370 g/mol. The minimum atomic E-state index is 0.506. The number of allylic oxidation sites excluding steroid dienone is 1. The molecule has 0 amide bonds. The van der Waals surface area contributed by atoms with Crippen LogP contribution in [0.4, 0.5) is 5.69 Å². The van der Waals surface area contributed by atoms with Crippen molar-refractivity contribution in [3.63, 3.8) is 0 Å². The Bertz CT molecular complexity index is 933. The lowest BCUT2D eigenvalue weighted by Crippen LogP contribution is -2.06. The second-order valence-corrected chi connectivity index (χ2v) is 7.19. The Kier molecular flexibility index (Phi) is 7.96. The van der Waals surface area contributed by atoms with E-state index in [0.717, 1.165) is 46.7 Å². The molecule has 0 aliphatic rings. The first-order chi connectivity index (χ1) is 14.7. The van der Waals surface area contributed by atoms with Crippen LogP contribution in [0.2, 0.25) is 0 Å². The van der Waals surface area contributed by atoms with Crippen LogP contribution in [0.25, 0.3) is 0 Å². The molecule has 0 atom stereocenters. The van der Waals surface area contributed by atoms with Gasteiger partial charge in [-0.25, -0.2) is 0 Å². The van der Waals surface area contributed by atoms with Gasteiger partial charge in [-0.3, -0.25) is 0 Å². The van der Waals surface area contributed by atoms with E-state index in [1.807, 2.05) is 31.2 Å². The Morgan fingerprint density at radius 1 is 0.867 bits per heavy atom. The van der Waals surface area contributed by atoms with E-state index in [1.54, 1.807) is 0 Å².